The number of nitrogens with zero attached hydrogens (tertiary/aromatic N) is 2. The molecule has 0 amide bonds. The number of rotatable bonds is 2. The fraction of sp³-hybridized carbons (Fsp3) is 0.333. The van der Waals surface area contributed by atoms with Crippen LogP contribution in [0.4, 0.5) is 0 Å². The van der Waals surface area contributed by atoms with Gasteiger partial charge in [-0.1, -0.05) is 0 Å². The summed E-state index contributed by atoms with van der Waals surface area (Å²) in [4.78, 5) is 7.65. The largest absolute Gasteiger partial charge is 0.481 e. The average molecular weight is 140 g/mol. The van der Waals surface area contributed by atoms with Gasteiger partial charge in [-0.25, -0.2) is 4.98 Å². The van der Waals surface area contributed by atoms with Gasteiger partial charge >= 0.3 is 6.01 Å². The molecule has 1 aromatic rings. The van der Waals surface area contributed by atoms with Gasteiger partial charge < -0.3 is 9.47 Å². The third-order valence-corrected chi connectivity index (χ3v) is 1.000. The lowest BCUT2D eigenvalue weighted by Gasteiger charge is -1.98. The van der Waals surface area contributed by atoms with Gasteiger partial charge in [0.2, 0.25) is 5.88 Å². The van der Waals surface area contributed by atoms with Crippen LogP contribution in [-0.4, -0.2) is 24.2 Å². The Balaban J connectivity index is 2.87. The Bertz CT molecular complexity index is 195. The van der Waals surface area contributed by atoms with Gasteiger partial charge in [-0.2, -0.15) is 4.98 Å². The van der Waals surface area contributed by atoms with Crippen molar-refractivity contribution in [1.82, 2.24) is 9.97 Å². The van der Waals surface area contributed by atoms with Crippen LogP contribution >= 0.6 is 0 Å². The molecule has 1 aromatic heterocycles. The molecule has 0 aliphatic heterocycles. The molecule has 0 bridgehead atoms. The summed E-state index contributed by atoms with van der Waals surface area (Å²) < 4.78 is 9.58. The molecular formula is C6H8N2O2. The Labute approximate surface area is 58.8 Å². The number of hydrogen-bond donors (Lipinski definition) is 0. The molecule has 10 heavy (non-hydrogen) atoms. The number of hydrogen-bond acceptors (Lipinski definition) is 4. The van der Waals surface area contributed by atoms with Crippen molar-refractivity contribution in [3.05, 3.63) is 12.3 Å². The molecule has 1 rings (SSSR count). The average Bonchev–Trinajstić information content (AvgIpc) is 2.05. The molecule has 0 spiro atoms. The van der Waals surface area contributed by atoms with Crippen LogP contribution in [0.2, 0.25) is 0 Å². The quantitative estimate of drug-likeness (QED) is 0.599. The number of methoxy groups -OCH3 is 2. The SMILES string of the molecule is COc1ccnc(OC)n1. The fourth-order valence-corrected chi connectivity index (χ4v) is 0.537. The van der Waals surface area contributed by atoms with Crippen LogP contribution in [0.1, 0.15) is 0 Å². The van der Waals surface area contributed by atoms with E-state index in [4.69, 9.17) is 9.47 Å². The summed E-state index contributed by atoms with van der Waals surface area (Å²) in [6.45, 7) is 0. The summed E-state index contributed by atoms with van der Waals surface area (Å²) >= 11 is 0. The normalized spacial score (nSPS) is 9.00. The summed E-state index contributed by atoms with van der Waals surface area (Å²) in [5.74, 6) is 0.506. The lowest BCUT2D eigenvalue weighted by molar-refractivity contribution is 0.352. The topological polar surface area (TPSA) is 44.2 Å². The molecule has 0 fully saturated rings. The Kier molecular flexibility index (Phi) is 2.04. The van der Waals surface area contributed by atoms with E-state index in [1.54, 1.807) is 19.4 Å². The fourth-order valence-electron chi connectivity index (χ4n) is 0.537. The molecular weight excluding hydrogens is 132 g/mol. The first kappa shape index (κ1) is 6.80. The van der Waals surface area contributed by atoms with Crippen LogP contribution < -0.4 is 9.47 Å². The van der Waals surface area contributed by atoms with Crippen molar-refractivity contribution in [2.45, 2.75) is 0 Å². The minimum Gasteiger partial charge on any atom is -0.481 e. The van der Waals surface area contributed by atoms with Gasteiger partial charge in [0, 0.05) is 12.3 Å². The maximum Gasteiger partial charge on any atom is 0.319 e. The van der Waals surface area contributed by atoms with E-state index in [0.29, 0.717) is 11.9 Å². The van der Waals surface area contributed by atoms with E-state index in [2.05, 4.69) is 9.97 Å². The van der Waals surface area contributed by atoms with Gasteiger partial charge in [0.25, 0.3) is 0 Å². The van der Waals surface area contributed by atoms with E-state index in [-0.39, 0.29) is 0 Å². The number of aromatic nitrogens is 2. The molecule has 1 heterocycles. The van der Waals surface area contributed by atoms with E-state index in [9.17, 15) is 0 Å². The maximum absolute atomic E-state index is 4.83. The summed E-state index contributed by atoms with van der Waals surface area (Å²) in [5, 5.41) is 0. The van der Waals surface area contributed by atoms with E-state index in [1.165, 1.54) is 7.11 Å². The molecule has 0 aromatic carbocycles. The zero-order chi connectivity index (χ0) is 7.40. The van der Waals surface area contributed by atoms with Crippen molar-refractivity contribution in [2.24, 2.45) is 0 Å². The van der Waals surface area contributed by atoms with Gasteiger partial charge in [-0.05, 0) is 0 Å². The van der Waals surface area contributed by atoms with E-state index >= 15 is 0 Å². The van der Waals surface area contributed by atoms with Crippen LogP contribution in [0.15, 0.2) is 12.3 Å². The third-order valence-electron chi connectivity index (χ3n) is 1.000. The lowest BCUT2D eigenvalue weighted by atomic mass is 10.6. The standard InChI is InChI=1S/C6H8N2O2/c1-9-5-3-4-7-6(8-5)10-2/h3-4H,1-2H3. The second-order valence-electron chi connectivity index (χ2n) is 1.59. The summed E-state index contributed by atoms with van der Waals surface area (Å²) in [5.41, 5.74) is 0. The highest BCUT2D eigenvalue weighted by atomic mass is 16.5. The monoisotopic (exact) mass is 140 g/mol. The van der Waals surface area contributed by atoms with Gasteiger partial charge in [-0.15, -0.1) is 0 Å². The minimum atomic E-state index is 0.319. The van der Waals surface area contributed by atoms with Crippen molar-refractivity contribution in [2.75, 3.05) is 14.2 Å². The molecule has 54 valence electrons. The van der Waals surface area contributed by atoms with Crippen LogP contribution in [-0.2, 0) is 0 Å². The molecule has 0 N–H and O–H groups in total. The minimum absolute atomic E-state index is 0.319. The molecule has 0 radical (unpaired) electrons. The summed E-state index contributed by atoms with van der Waals surface area (Å²) in [6.07, 6.45) is 1.57. The van der Waals surface area contributed by atoms with Crippen LogP contribution in [0.3, 0.4) is 0 Å². The van der Waals surface area contributed by atoms with Crippen LogP contribution in [0, 0.1) is 0 Å². The zero-order valence-corrected chi connectivity index (χ0v) is 5.87. The van der Waals surface area contributed by atoms with Gasteiger partial charge in [-0.3, -0.25) is 0 Å². The lowest BCUT2D eigenvalue weighted by Crippen LogP contribution is -1.93. The Morgan fingerprint density at radius 2 is 2.10 bits per heavy atom. The van der Waals surface area contributed by atoms with Crippen LogP contribution in [0.25, 0.3) is 0 Å². The van der Waals surface area contributed by atoms with Crippen molar-refractivity contribution in [3.8, 4) is 11.9 Å². The summed E-state index contributed by atoms with van der Waals surface area (Å²) in [6, 6.07) is 1.97. The highest BCUT2D eigenvalue weighted by molar-refractivity contribution is 5.10. The third kappa shape index (κ3) is 1.34. The van der Waals surface area contributed by atoms with E-state index < -0.39 is 0 Å². The second-order valence-corrected chi connectivity index (χ2v) is 1.59. The van der Waals surface area contributed by atoms with Crippen molar-refractivity contribution in [1.29, 1.82) is 0 Å². The first-order valence-electron chi connectivity index (χ1n) is 2.78. The zero-order valence-electron chi connectivity index (χ0n) is 5.87. The van der Waals surface area contributed by atoms with Gasteiger partial charge in [0.1, 0.15) is 0 Å². The molecule has 0 aliphatic rings. The molecule has 4 nitrogen and oxygen atoms in total. The predicted molar refractivity (Wildman–Crippen MR) is 35.1 cm³/mol. The molecule has 0 atom stereocenters. The molecule has 0 saturated carbocycles. The molecule has 0 saturated heterocycles. The summed E-state index contributed by atoms with van der Waals surface area (Å²) in [7, 11) is 3.05. The number of ether oxygens (including phenoxy) is 2. The Morgan fingerprint density at radius 1 is 1.30 bits per heavy atom. The van der Waals surface area contributed by atoms with Crippen molar-refractivity contribution in [3.63, 3.8) is 0 Å². The highest BCUT2D eigenvalue weighted by Crippen LogP contribution is 2.07. The van der Waals surface area contributed by atoms with Crippen molar-refractivity contribution >= 4 is 0 Å². The first-order chi connectivity index (χ1) is 4.86. The Hall–Kier alpha value is -1.32. The van der Waals surface area contributed by atoms with Gasteiger partial charge in [0.15, 0.2) is 0 Å². The predicted octanol–water partition coefficient (Wildman–Crippen LogP) is 0.494. The van der Waals surface area contributed by atoms with E-state index in [1.807, 2.05) is 0 Å². The smallest absolute Gasteiger partial charge is 0.319 e. The maximum atomic E-state index is 4.83. The van der Waals surface area contributed by atoms with E-state index in [0.717, 1.165) is 0 Å². The molecule has 0 aliphatic carbocycles. The Morgan fingerprint density at radius 3 is 2.70 bits per heavy atom. The highest BCUT2D eigenvalue weighted by Gasteiger charge is 1.95. The molecule has 4 heteroatoms. The first-order valence-corrected chi connectivity index (χ1v) is 2.78. The van der Waals surface area contributed by atoms with Crippen molar-refractivity contribution < 1.29 is 9.47 Å². The van der Waals surface area contributed by atoms with Gasteiger partial charge in [0.05, 0.1) is 14.2 Å². The van der Waals surface area contributed by atoms with Crippen LogP contribution in [0.5, 0.6) is 11.9 Å². The second kappa shape index (κ2) is 3.00. The molecule has 0 unspecified atom stereocenters.